The zero-order chi connectivity index (χ0) is 21.3. The number of hydrogen-bond donors (Lipinski definition) is 2. The number of likely N-dealkylation sites (tertiary alicyclic amines) is 1. The molecule has 1 aromatic carbocycles. The van der Waals surface area contributed by atoms with Gasteiger partial charge in [-0.3, -0.25) is 9.79 Å². The molecule has 1 aromatic rings. The Morgan fingerprint density at radius 2 is 2.03 bits per heavy atom. The first kappa shape index (κ1) is 22.4. The van der Waals surface area contributed by atoms with Crippen molar-refractivity contribution in [1.29, 1.82) is 0 Å². The van der Waals surface area contributed by atoms with E-state index in [4.69, 9.17) is 9.73 Å². The maximum Gasteiger partial charge on any atom is 0.265 e. The van der Waals surface area contributed by atoms with Gasteiger partial charge in [-0.05, 0) is 44.2 Å². The zero-order valence-corrected chi connectivity index (χ0v) is 18.7. The number of carbonyl (C=O) groups is 1. The number of guanidine groups is 1. The molecule has 7 heteroatoms. The Kier molecular flexibility index (Phi) is 8.37. The van der Waals surface area contributed by atoms with Crippen LogP contribution in [-0.4, -0.2) is 68.7 Å². The molecule has 0 radical (unpaired) electrons. The number of para-hydroxylation sites is 2. The number of fused-ring (bicyclic) bond motifs is 1. The Bertz CT molecular complexity index is 713. The summed E-state index contributed by atoms with van der Waals surface area (Å²) in [6, 6.07) is 8.18. The lowest BCUT2D eigenvalue weighted by molar-refractivity contribution is -0.121. The van der Waals surface area contributed by atoms with Crippen LogP contribution in [0.5, 0.6) is 5.75 Å². The molecule has 7 nitrogen and oxygen atoms in total. The van der Waals surface area contributed by atoms with E-state index in [1.165, 1.54) is 6.54 Å². The van der Waals surface area contributed by atoms with Crippen molar-refractivity contribution in [3.05, 3.63) is 24.3 Å². The predicted octanol–water partition coefficient (Wildman–Crippen LogP) is 2.48. The average Bonchev–Trinajstić information content (AvgIpc) is 2.73. The highest BCUT2D eigenvalue weighted by Crippen LogP contribution is 2.31. The molecular formula is C23H37N5O2. The van der Waals surface area contributed by atoms with Crippen LogP contribution in [0.1, 0.15) is 40.0 Å². The van der Waals surface area contributed by atoms with Gasteiger partial charge in [-0.15, -0.1) is 0 Å². The number of amides is 1. The molecular weight excluding hydrogens is 378 g/mol. The van der Waals surface area contributed by atoms with E-state index in [0.29, 0.717) is 19.1 Å². The minimum absolute atomic E-state index is 0.0101. The number of anilines is 1. The van der Waals surface area contributed by atoms with Crippen molar-refractivity contribution in [2.75, 3.05) is 50.8 Å². The van der Waals surface area contributed by atoms with Crippen LogP contribution in [-0.2, 0) is 4.79 Å². The fraction of sp³-hybridized carbons (Fsp3) is 0.652. The number of piperidine rings is 1. The van der Waals surface area contributed by atoms with Gasteiger partial charge in [-0.2, -0.15) is 0 Å². The van der Waals surface area contributed by atoms with Gasteiger partial charge in [0.1, 0.15) is 5.75 Å². The molecule has 0 aromatic heterocycles. The molecule has 2 N–H and O–H groups in total. The number of rotatable bonds is 8. The maximum atomic E-state index is 12.3. The lowest BCUT2D eigenvalue weighted by Gasteiger charge is -2.34. The lowest BCUT2D eigenvalue weighted by atomic mass is 10.0. The van der Waals surface area contributed by atoms with E-state index < -0.39 is 0 Å². The first-order chi connectivity index (χ1) is 14.6. The number of ether oxygens (including phenoxy) is 1. The van der Waals surface area contributed by atoms with Gasteiger partial charge in [-0.1, -0.05) is 26.0 Å². The summed E-state index contributed by atoms with van der Waals surface area (Å²) < 4.78 is 5.51. The molecule has 0 unspecified atom stereocenters. The summed E-state index contributed by atoms with van der Waals surface area (Å²) >= 11 is 0. The molecule has 0 saturated carbocycles. The van der Waals surface area contributed by atoms with Crippen molar-refractivity contribution < 1.29 is 9.53 Å². The van der Waals surface area contributed by atoms with Crippen molar-refractivity contribution in [3.8, 4) is 5.75 Å². The number of benzene rings is 1. The molecule has 2 aliphatic heterocycles. The molecule has 1 amide bonds. The largest absolute Gasteiger partial charge is 0.482 e. The second-order valence-electron chi connectivity index (χ2n) is 8.53. The second-order valence-corrected chi connectivity index (χ2v) is 8.53. The Balaban J connectivity index is 1.47. The van der Waals surface area contributed by atoms with E-state index in [1.54, 1.807) is 0 Å². The van der Waals surface area contributed by atoms with Crippen LogP contribution < -0.4 is 20.3 Å². The monoisotopic (exact) mass is 415 g/mol. The molecule has 0 bridgehead atoms. The molecule has 166 valence electrons. The summed E-state index contributed by atoms with van der Waals surface area (Å²) in [5, 5.41) is 6.97. The first-order valence-corrected chi connectivity index (χ1v) is 11.4. The molecule has 2 aliphatic rings. The first-order valence-electron chi connectivity index (χ1n) is 11.4. The molecule has 30 heavy (non-hydrogen) atoms. The van der Waals surface area contributed by atoms with E-state index in [2.05, 4.69) is 36.3 Å². The number of nitrogens with zero attached hydrogens (tertiary/aromatic N) is 3. The Morgan fingerprint density at radius 3 is 2.77 bits per heavy atom. The van der Waals surface area contributed by atoms with E-state index >= 15 is 0 Å². The van der Waals surface area contributed by atoms with Gasteiger partial charge in [0.05, 0.1) is 5.69 Å². The van der Waals surface area contributed by atoms with Crippen LogP contribution in [0.25, 0.3) is 0 Å². The third-order valence-electron chi connectivity index (χ3n) is 5.51. The third-order valence-corrected chi connectivity index (χ3v) is 5.51. The van der Waals surface area contributed by atoms with Crippen LogP contribution in [0.3, 0.4) is 0 Å². The van der Waals surface area contributed by atoms with Crippen molar-refractivity contribution in [2.45, 2.75) is 46.1 Å². The topological polar surface area (TPSA) is 69.2 Å². The predicted molar refractivity (Wildman–Crippen MR) is 122 cm³/mol. The second kappa shape index (κ2) is 11.2. The lowest BCUT2D eigenvalue weighted by Crippen LogP contribution is -2.49. The summed E-state index contributed by atoms with van der Waals surface area (Å²) in [4.78, 5) is 21.4. The number of hydrogen-bond acceptors (Lipinski definition) is 4. The Hall–Kier alpha value is -2.28. The maximum absolute atomic E-state index is 12.3. The molecule has 0 atom stereocenters. The molecule has 1 saturated heterocycles. The highest BCUT2D eigenvalue weighted by atomic mass is 16.5. The fourth-order valence-electron chi connectivity index (χ4n) is 4.11. The molecule has 2 heterocycles. The molecule has 0 spiro atoms. The number of nitrogens with one attached hydrogen (secondary N) is 2. The van der Waals surface area contributed by atoms with Crippen molar-refractivity contribution in [3.63, 3.8) is 0 Å². The molecule has 1 fully saturated rings. The van der Waals surface area contributed by atoms with Crippen LogP contribution in [0.2, 0.25) is 0 Å². The standard InChI is InChI=1S/C23H37N5O2/c1-4-24-23(26-19-10-14-27(15-11-19)16-18(2)3)25-12-7-13-28-20-8-5-6-9-21(20)30-17-22(28)29/h5-6,8-9,18-19H,4,7,10-17H2,1-3H3,(H2,24,25,26). The minimum atomic E-state index is 0.0101. The van der Waals surface area contributed by atoms with Crippen molar-refractivity contribution in [1.82, 2.24) is 15.5 Å². The summed E-state index contributed by atoms with van der Waals surface area (Å²) in [7, 11) is 0. The Morgan fingerprint density at radius 1 is 1.27 bits per heavy atom. The van der Waals surface area contributed by atoms with Crippen LogP contribution in [0, 0.1) is 5.92 Å². The van der Waals surface area contributed by atoms with Crippen LogP contribution in [0.4, 0.5) is 5.69 Å². The smallest absolute Gasteiger partial charge is 0.265 e. The van der Waals surface area contributed by atoms with Gasteiger partial charge in [-0.25, -0.2) is 0 Å². The Labute approximate surface area is 180 Å². The normalized spacial score (nSPS) is 18.3. The fourth-order valence-corrected chi connectivity index (χ4v) is 4.11. The minimum Gasteiger partial charge on any atom is -0.482 e. The van der Waals surface area contributed by atoms with Gasteiger partial charge in [0.25, 0.3) is 5.91 Å². The van der Waals surface area contributed by atoms with E-state index in [0.717, 1.165) is 62.2 Å². The number of carbonyl (C=O) groups excluding carboxylic acids is 1. The summed E-state index contributed by atoms with van der Waals surface area (Å²) in [6.07, 6.45) is 3.11. The summed E-state index contributed by atoms with van der Waals surface area (Å²) in [5.41, 5.74) is 0.857. The molecule has 3 rings (SSSR count). The zero-order valence-electron chi connectivity index (χ0n) is 18.7. The van der Waals surface area contributed by atoms with Gasteiger partial charge >= 0.3 is 0 Å². The van der Waals surface area contributed by atoms with E-state index in [9.17, 15) is 4.79 Å². The average molecular weight is 416 g/mol. The summed E-state index contributed by atoms with van der Waals surface area (Å²) in [6.45, 7) is 12.4. The van der Waals surface area contributed by atoms with Gasteiger partial charge in [0.15, 0.2) is 12.6 Å². The van der Waals surface area contributed by atoms with E-state index in [1.807, 2.05) is 29.2 Å². The van der Waals surface area contributed by atoms with Gasteiger partial charge < -0.3 is 25.2 Å². The number of aliphatic imine (C=N–C) groups is 1. The van der Waals surface area contributed by atoms with Crippen LogP contribution >= 0.6 is 0 Å². The van der Waals surface area contributed by atoms with Gasteiger partial charge in [0.2, 0.25) is 0 Å². The quantitative estimate of drug-likeness (QED) is 0.388. The van der Waals surface area contributed by atoms with Crippen molar-refractivity contribution >= 4 is 17.6 Å². The van der Waals surface area contributed by atoms with Crippen LogP contribution in [0.15, 0.2) is 29.3 Å². The van der Waals surface area contributed by atoms with E-state index in [-0.39, 0.29) is 12.5 Å². The highest BCUT2D eigenvalue weighted by Gasteiger charge is 2.24. The highest BCUT2D eigenvalue weighted by molar-refractivity contribution is 5.97. The SMILES string of the molecule is CCNC(=NCCCN1C(=O)COc2ccccc21)NC1CCN(CC(C)C)CC1. The third kappa shape index (κ3) is 6.36. The summed E-state index contributed by atoms with van der Waals surface area (Å²) in [5.74, 6) is 2.39. The van der Waals surface area contributed by atoms with Crippen molar-refractivity contribution in [2.24, 2.45) is 10.9 Å². The van der Waals surface area contributed by atoms with Gasteiger partial charge in [0, 0.05) is 45.3 Å². The molecule has 0 aliphatic carbocycles.